The number of carboxylic acid groups (broad SMARTS) is 1. The minimum absolute atomic E-state index is 0. The number of fused-ring (bicyclic) bond motifs is 2. The van der Waals surface area contributed by atoms with Gasteiger partial charge in [0, 0.05) is 58.7 Å². The van der Waals surface area contributed by atoms with Crippen LogP contribution in [0.1, 0.15) is 75.8 Å². The maximum absolute atomic E-state index is 12.8. The first-order chi connectivity index (χ1) is 24.8. The van der Waals surface area contributed by atoms with Gasteiger partial charge >= 0.3 is 12.1 Å². The highest BCUT2D eigenvalue weighted by atomic mass is 35.5. The molecule has 2 saturated heterocycles. The molecule has 7 rings (SSSR count). The lowest BCUT2D eigenvalue weighted by Crippen LogP contribution is -2.43. The van der Waals surface area contributed by atoms with Gasteiger partial charge in [-0.1, -0.05) is 23.7 Å². The Balaban J connectivity index is 0.00000280. The summed E-state index contributed by atoms with van der Waals surface area (Å²) < 4.78 is 14.2. The van der Waals surface area contributed by atoms with Gasteiger partial charge in [0.25, 0.3) is 0 Å². The van der Waals surface area contributed by atoms with Gasteiger partial charge in [-0.05, 0) is 114 Å². The number of ether oxygens (including phenoxy) is 2. The maximum Gasteiger partial charge on any atom is 0.409 e. The second kappa shape index (κ2) is 16.8. The molecule has 1 N–H and O–H groups in total. The van der Waals surface area contributed by atoms with Crippen LogP contribution in [0.4, 0.5) is 4.79 Å². The number of carboxylic acids is 1. The van der Waals surface area contributed by atoms with Crippen molar-refractivity contribution in [1.82, 2.24) is 24.6 Å². The van der Waals surface area contributed by atoms with Crippen LogP contribution in [0.3, 0.4) is 0 Å². The molecule has 54 heavy (non-hydrogen) atoms. The number of carbonyl (C=O) groups excluding carboxylic acids is 1. The van der Waals surface area contributed by atoms with E-state index in [0.717, 1.165) is 106 Å². The summed E-state index contributed by atoms with van der Waals surface area (Å²) in [5.74, 6) is -0.715. The minimum atomic E-state index is -1.17. The van der Waals surface area contributed by atoms with Crippen LogP contribution in [0.25, 0.3) is 42.8 Å². The molecule has 2 atom stereocenters. The monoisotopic (exact) mass is 811 g/mol. The first-order valence-electron chi connectivity index (χ1n) is 18.0. The molecule has 0 aliphatic carbocycles. The van der Waals surface area contributed by atoms with Crippen LogP contribution in [0.5, 0.6) is 0 Å². The lowest BCUT2D eigenvalue weighted by atomic mass is 9.90. The summed E-state index contributed by atoms with van der Waals surface area (Å²) in [5, 5.41) is 18.2. The summed E-state index contributed by atoms with van der Waals surface area (Å²) in [6.45, 7) is 13.8. The van der Waals surface area contributed by atoms with Crippen molar-refractivity contribution in [3.8, 4) is 21.7 Å². The smallest absolute Gasteiger partial charge is 0.409 e. The summed E-state index contributed by atoms with van der Waals surface area (Å²) in [5.41, 5.74) is 6.44. The van der Waals surface area contributed by atoms with Gasteiger partial charge in [-0.25, -0.2) is 14.6 Å². The molecule has 1 amide bonds. The van der Waals surface area contributed by atoms with Crippen LogP contribution < -0.4 is 0 Å². The third-order valence-corrected chi connectivity index (χ3v) is 11.8. The van der Waals surface area contributed by atoms with Crippen molar-refractivity contribution in [2.75, 3.05) is 33.3 Å². The molecule has 3 aromatic carbocycles. The second-order valence-electron chi connectivity index (χ2n) is 14.9. The fourth-order valence-electron chi connectivity index (χ4n) is 7.91. The van der Waals surface area contributed by atoms with Gasteiger partial charge in [0.1, 0.15) is 5.01 Å². The van der Waals surface area contributed by atoms with Crippen molar-refractivity contribution in [1.29, 1.82) is 0 Å². The molecule has 4 heterocycles. The number of piperidine rings is 1. The van der Waals surface area contributed by atoms with Gasteiger partial charge in [-0.15, -0.1) is 11.3 Å². The van der Waals surface area contributed by atoms with E-state index in [1.54, 1.807) is 16.2 Å². The van der Waals surface area contributed by atoms with Crippen molar-refractivity contribution in [2.24, 2.45) is 0 Å². The lowest BCUT2D eigenvalue weighted by Gasteiger charge is -2.35. The second-order valence-corrected chi connectivity index (χ2v) is 16.3. The van der Waals surface area contributed by atoms with E-state index in [1.807, 2.05) is 58.0 Å². The zero-order chi connectivity index (χ0) is 36.9. The van der Waals surface area contributed by atoms with Gasteiger partial charge in [-0.2, -0.15) is 32.1 Å². The van der Waals surface area contributed by atoms with E-state index < -0.39 is 17.7 Å². The van der Waals surface area contributed by atoms with Gasteiger partial charge in [0.2, 0.25) is 0 Å². The Morgan fingerprint density at radius 2 is 1.70 bits per heavy atom. The standard InChI is InChI=1S/C40H46ClN5O5S.2H2S/c1-7-46-31-13-10-26(21-29(31)34(43-46)25-14-17-44(18-15-25)28-16-19-45(22-28)39(49)50-6)37-42-30-20-23(2)32(35(38(47)48)51-40(3,4)5)33(36(30)52-37)24-8-11-27(41)12-9-24;;/h8-13,20-21,25,28,35H,7,14-19,22H2,1-6H3,(H,47,48);2*1H2/t28-,35-;;/m0../s1. The van der Waals surface area contributed by atoms with E-state index in [-0.39, 0.29) is 33.1 Å². The number of amides is 1. The Labute approximate surface area is 339 Å². The number of likely N-dealkylation sites (tertiary alicyclic amines) is 2. The molecule has 0 unspecified atom stereocenters. The number of aryl methyl sites for hydroxylation is 2. The van der Waals surface area contributed by atoms with Crippen molar-refractivity contribution >= 4 is 83.1 Å². The molecular formula is C40H50ClN5O5S3. The van der Waals surface area contributed by atoms with Crippen molar-refractivity contribution in [3.63, 3.8) is 0 Å². The van der Waals surface area contributed by atoms with E-state index in [0.29, 0.717) is 22.5 Å². The SMILES string of the molecule is CCn1nc(C2CCN([C@H]3CCN(C(=O)OC)C3)CC2)c2cc(-c3nc4cc(C)c([C@H](OC(C)(C)C)C(=O)O)c(-c5ccc(Cl)cc5)c4s3)ccc21.S.S. The van der Waals surface area contributed by atoms with Crippen molar-refractivity contribution < 1.29 is 24.2 Å². The summed E-state index contributed by atoms with van der Waals surface area (Å²) >= 11 is 7.87. The quantitative estimate of drug-likeness (QED) is 0.165. The number of benzene rings is 3. The molecular weight excluding hydrogens is 762 g/mol. The van der Waals surface area contributed by atoms with Crippen LogP contribution in [-0.4, -0.2) is 86.7 Å². The van der Waals surface area contributed by atoms with Crippen molar-refractivity contribution in [3.05, 3.63) is 70.4 Å². The number of thiazole rings is 1. The first kappa shape index (κ1) is 41.8. The molecule has 290 valence electrons. The van der Waals surface area contributed by atoms with Gasteiger partial charge in [0.15, 0.2) is 6.10 Å². The molecule has 0 bridgehead atoms. The highest BCUT2D eigenvalue weighted by Crippen LogP contribution is 2.45. The average Bonchev–Trinajstić information content (AvgIpc) is 3.87. The van der Waals surface area contributed by atoms with Gasteiger partial charge in [0.05, 0.1) is 34.1 Å². The van der Waals surface area contributed by atoms with Crippen molar-refractivity contribution in [2.45, 2.75) is 84.1 Å². The van der Waals surface area contributed by atoms with E-state index >= 15 is 0 Å². The number of aromatic nitrogens is 3. The van der Waals surface area contributed by atoms with Crippen LogP contribution in [0.15, 0.2) is 48.5 Å². The largest absolute Gasteiger partial charge is 0.479 e. The van der Waals surface area contributed by atoms with E-state index in [2.05, 4.69) is 34.7 Å². The topological polar surface area (TPSA) is 110 Å². The number of methoxy groups -OCH3 is 1. The van der Waals surface area contributed by atoms with Gasteiger partial charge in [-0.3, -0.25) is 9.58 Å². The Bertz CT molecular complexity index is 2140. The Morgan fingerprint density at radius 1 is 1.02 bits per heavy atom. The molecule has 10 nitrogen and oxygen atoms in total. The molecule has 0 saturated carbocycles. The molecule has 14 heteroatoms. The Hall–Kier alpha value is -3.33. The highest BCUT2D eigenvalue weighted by Gasteiger charge is 2.35. The number of aliphatic carboxylic acids is 1. The predicted molar refractivity (Wildman–Crippen MR) is 227 cm³/mol. The lowest BCUT2D eigenvalue weighted by molar-refractivity contribution is -0.160. The number of carbonyl (C=O) groups is 2. The molecule has 0 spiro atoms. The zero-order valence-corrected chi connectivity index (χ0v) is 35.2. The number of nitrogens with zero attached hydrogens (tertiary/aromatic N) is 5. The number of halogens is 1. The van der Waals surface area contributed by atoms with Crippen LogP contribution in [0, 0.1) is 6.92 Å². The molecule has 2 fully saturated rings. The number of hydrogen-bond donors (Lipinski definition) is 1. The predicted octanol–water partition coefficient (Wildman–Crippen LogP) is 9.15. The van der Waals surface area contributed by atoms with E-state index in [4.69, 9.17) is 31.2 Å². The average molecular weight is 813 g/mol. The Morgan fingerprint density at radius 3 is 2.33 bits per heavy atom. The molecule has 5 aromatic rings. The Kier molecular flexibility index (Phi) is 13.0. The van der Waals surface area contributed by atoms with Crippen LogP contribution in [0.2, 0.25) is 5.02 Å². The molecule has 2 aliphatic rings. The highest BCUT2D eigenvalue weighted by molar-refractivity contribution is 7.59. The first-order valence-corrected chi connectivity index (χ1v) is 19.2. The van der Waals surface area contributed by atoms with Crippen LogP contribution in [-0.2, 0) is 20.8 Å². The minimum Gasteiger partial charge on any atom is -0.479 e. The summed E-state index contributed by atoms with van der Waals surface area (Å²) in [6.07, 6.45) is 1.56. The number of hydrogen-bond acceptors (Lipinski definition) is 8. The summed E-state index contributed by atoms with van der Waals surface area (Å²) in [4.78, 5) is 34.4. The normalized spacial score (nSPS) is 17.4. The van der Waals surface area contributed by atoms with Crippen LogP contribution >= 0.6 is 49.9 Å². The van der Waals surface area contributed by atoms with Gasteiger partial charge < -0.3 is 19.5 Å². The summed E-state index contributed by atoms with van der Waals surface area (Å²) in [7, 11) is 1.44. The third-order valence-electron chi connectivity index (χ3n) is 10.4. The molecule has 2 aliphatic heterocycles. The van der Waals surface area contributed by atoms with E-state index in [1.165, 1.54) is 7.11 Å². The molecule has 0 radical (unpaired) electrons. The number of rotatable bonds is 8. The fourth-order valence-corrected chi connectivity index (χ4v) is 9.16. The van der Waals surface area contributed by atoms with E-state index in [9.17, 15) is 14.7 Å². The maximum atomic E-state index is 12.8. The zero-order valence-electron chi connectivity index (χ0n) is 31.6. The third kappa shape index (κ3) is 8.27. The molecule has 2 aromatic heterocycles. The summed E-state index contributed by atoms with van der Waals surface area (Å²) in [6, 6.07) is 16.4. The fraction of sp³-hybridized carbons (Fsp3) is 0.450.